The first-order valence-electron chi connectivity index (χ1n) is 11.5. The van der Waals surface area contributed by atoms with Crippen molar-refractivity contribution in [3.8, 4) is 5.75 Å². The number of ether oxygens (including phenoxy) is 2. The summed E-state index contributed by atoms with van der Waals surface area (Å²) >= 11 is 0. The van der Waals surface area contributed by atoms with Gasteiger partial charge in [-0.05, 0) is 56.2 Å². The van der Waals surface area contributed by atoms with E-state index in [1.165, 1.54) is 5.56 Å². The highest BCUT2D eigenvalue weighted by molar-refractivity contribution is 5.94. The molecule has 0 bridgehead atoms. The fraction of sp³-hybridized carbons (Fsp3) is 0.333. The van der Waals surface area contributed by atoms with Crippen molar-refractivity contribution in [3.63, 3.8) is 0 Å². The maximum absolute atomic E-state index is 13.4. The zero-order valence-electron chi connectivity index (χ0n) is 19.5. The van der Waals surface area contributed by atoms with Crippen molar-refractivity contribution in [2.45, 2.75) is 26.9 Å². The quantitative estimate of drug-likeness (QED) is 0.405. The van der Waals surface area contributed by atoms with Gasteiger partial charge in [0.25, 0.3) is 5.91 Å². The van der Waals surface area contributed by atoms with Gasteiger partial charge in [-0.25, -0.2) is 0 Å². The summed E-state index contributed by atoms with van der Waals surface area (Å²) in [5, 5.41) is 5.05. The van der Waals surface area contributed by atoms with Gasteiger partial charge in [-0.2, -0.15) is 0 Å². The van der Waals surface area contributed by atoms with Crippen LogP contribution in [0.2, 0.25) is 0 Å². The van der Waals surface area contributed by atoms with Crippen molar-refractivity contribution < 1.29 is 23.2 Å². The first kappa shape index (κ1) is 22.2. The van der Waals surface area contributed by atoms with Gasteiger partial charge in [0.1, 0.15) is 23.7 Å². The number of furan rings is 1. The lowest BCUT2D eigenvalue weighted by atomic mass is 9.98. The van der Waals surface area contributed by atoms with Crippen molar-refractivity contribution >= 4 is 16.9 Å². The number of rotatable bonds is 6. The van der Waals surface area contributed by atoms with E-state index in [9.17, 15) is 4.79 Å². The lowest BCUT2D eigenvalue weighted by Gasteiger charge is -2.24. The van der Waals surface area contributed by atoms with Gasteiger partial charge in [0, 0.05) is 30.0 Å². The average Bonchev–Trinajstić information content (AvgIpc) is 3.36. The number of carbonyl (C=O) groups is 1. The molecule has 0 aliphatic carbocycles. The van der Waals surface area contributed by atoms with Gasteiger partial charge >= 0.3 is 0 Å². The van der Waals surface area contributed by atoms with Crippen LogP contribution in [0.4, 0.5) is 0 Å². The number of benzene rings is 2. The minimum atomic E-state index is -0.0141. The Bertz CT molecular complexity index is 1270. The van der Waals surface area contributed by atoms with Gasteiger partial charge in [-0.1, -0.05) is 23.4 Å². The lowest BCUT2D eigenvalue weighted by Crippen LogP contribution is -2.36. The molecule has 0 saturated carbocycles. The van der Waals surface area contributed by atoms with E-state index in [-0.39, 0.29) is 11.8 Å². The van der Waals surface area contributed by atoms with Gasteiger partial charge in [0.05, 0.1) is 30.7 Å². The van der Waals surface area contributed by atoms with Gasteiger partial charge < -0.3 is 23.3 Å². The van der Waals surface area contributed by atoms with E-state index >= 15 is 0 Å². The van der Waals surface area contributed by atoms with Gasteiger partial charge in [0.2, 0.25) is 0 Å². The highest BCUT2D eigenvalue weighted by Crippen LogP contribution is 2.23. The van der Waals surface area contributed by atoms with Crippen LogP contribution in [-0.4, -0.2) is 42.3 Å². The number of fused-ring (bicyclic) bond motifs is 1. The second-order valence-electron chi connectivity index (χ2n) is 8.81. The zero-order valence-corrected chi connectivity index (χ0v) is 19.5. The molecule has 176 valence electrons. The standard InChI is InChI=1S/C27H28N2O5/c1-18-25(19(2)34-28-18)17-33-24-5-3-4-23(14-24)27(30)29-9-11-31-16-21(15-29)12-20-6-7-22-8-10-32-26(22)13-20/h3-8,10,13-14,21H,9,11-12,15-17H2,1-2H3/t21-/m0/s1. The number of hydrogen-bond donors (Lipinski definition) is 0. The second kappa shape index (κ2) is 9.73. The molecular formula is C27H28N2O5. The van der Waals surface area contributed by atoms with Crippen LogP contribution in [0.5, 0.6) is 5.75 Å². The molecule has 1 atom stereocenters. The summed E-state index contributed by atoms with van der Waals surface area (Å²) in [5.41, 5.74) is 4.41. The Morgan fingerprint density at radius 3 is 2.94 bits per heavy atom. The van der Waals surface area contributed by atoms with Crippen LogP contribution in [-0.2, 0) is 17.8 Å². The highest BCUT2D eigenvalue weighted by atomic mass is 16.5. The normalized spacial score (nSPS) is 16.5. The molecule has 1 aliphatic heterocycles. The third-order valence-electron chi connectivity index (χ3n) is 6.32. The molecule has 2 aromatic heterocycles. The van der Waals surface area contributed by atoms with Crippen molar-refractivity contribution in [2.75, 3.05) is 26.3 Å². The molecule has 0 radical (unpaired) electrons. The van der Waals surface area contributed by atoms with E-state index in [0.29, 0.717) is 44.2 Å². The first-order valence-corrected chi connectivity index (χ1v) is 11.5. The molecular weight excluding hydrogens is 432 g/mol. The lowest BCUT2D eigenvalue weighted by molar-refractivity contribution is 0.0737. The largest absolute Gasteiger partial charge is 0.489 e. The molecule has 0 unspecified atom stereocenters. The van der Waals surface area contributed by atoms with Crippen molar-refractivity contribution in [1.29, 1.82) is 0 Å². The SMILES string of the molecule is Cc1noc(C)c1COc1cccc(C(=O)N2CCOC[C@@H](Cc3ccc4ccoc4c3)C2)c1. The number of nitrogens with zero attached hydrogens (tertiary/aromatic N) is 2. The number of carbonyl (C=O) groups excluding carboxylic acids is 1. The summed E-state index contributed by atoms with van der Waals surface area (Å²) in [6, 6.07) is 15.6. The molecule has 2 aromatic carbocycles. The fourth-order valence-electron chi connectivity index (χ4n) is 4.41. The Kier molecular flexibility index (Phi) is 6.36. The minimum Gasteiger partial charge on any atom is -0.489 e. The van der Waals surface area contributed by atoms with Crippen LogP contribution >= 0.6 is 0 Å². The van der Waals surface area contributed by atoms with Crippen molar-refractivity contribution in [2.24, 2.45) is 5.92 Å². The number of amides is 1. The Morgan fingerprint density at radius 1 is 1.18 bits per heavy atom. The monoisotopic (exact) mass is 460 g/mol. The maximum atomic E-state index is 13.4. The van der Waals surface area contributed by atoms with E-state index in [1.54, 1.807) is 12.3 Å². The third kappa shape index (κ3) is 4.84. The molecule has 0 N–H and O–H groups in total. The molecule has 34 heavy (non-hydrogen) atoms. The van der Waals surface area contributed by atoms with Gasteiger partial charge in [-0.15, -0.1) is 0 Å². The molecule has 5 rings (SSSR count). The average molecular weight is 461 g/mol. The summed E-state index contributed by atoms with van der Waals surface area (Å²) in [6.07, 6.45) is 2.52. The topological polar surface area (TPSA) is 77.9 Å². The predicted octanol–water partition coefficient (Wildman–Crippen LogP) is 4.95. The molecule has 3 heterocycles. The van der Waals surface area contributed by atoms with Crippen molar-refractivity contribution in [3.05, 3.63) is 82.9 Å². The number of aromatic nitrogens is 1. The third-order valence-corrected chi connectivity index (χ3v) is 6.32. The molecule has 1 aliphatic rings. The minimum absolute atomic E-state index is 0.0141. The van der Waals surface area contributed by atoms with Gasteiger partial charge in [-0.3, -0.25) is 4.79 Å². The van der Waals surface area contributed by atoms with Crippen LogP contribution in [0, 0.1) is 19.8 Å². The summed E-state index contributed by atoms with van der Waals surface area (Å²) in [6.45, 7) is 6.46. The van der Waals surface area contributed by atoms with Crippen LogP contribution in [0.1, 0.15) is 32.9 Å². The Hall–Kier alpha value is -3.58. The van der Waals surface area contributed by atoms with E-state index < -0.39 is 0 Å². The van der Waals surface area contributed by atoms with Crippen LogP contribution in [0.3, 0.4) is 0 Å². The van der Waals surface area contributed by atoms with E-state index in [2.05, 4.69) is 23.4 Å². The van der Waals surface area contributed by atoms with Crippen LogP contribution in [0.25, 0.3) is 11.0 Å². The molecule has 4 aromatic rings. The summed E-state index contributed by atoms with van der Waals surface area (Å²) < 4.78 is 22.5. The molecule has 7 nitrogen and oxygen atoms in total. The van der Waals surface area contributed by atoms with Crippen LogP contribution in [0.15, 0.2) is 63.7 Å². The Labute approximate surface area is 198 Å². The predicted molar refractivity (Wildman–Crippen MR) is 127 cm³/mol. The summed E-state index contributed by atoms with van der Waals surface area (Å²) in [7, 11) is 0. The number of aryl methyl sites for hydroxylation is 2. The van der Waals surface area contributed by atoms with Gasteiger partial charge in [0.15, 0.2) is 0 Å². The van der Waals surface area contributed by atoms with E-state index in [1.807, 2.05) is 43.0 Å². The smallest absolute Gasteiger partial charge is 0.254 e. The summed E-state index contributed by atoms with van der Waals surface area (Å²) in [4.78, 5) is 15.2. The molecule has 1 saturated heterocycles. The maximum Gasteiger partial charge on any atom is 0.254 e. The second-order valence-corrected chi connectivity index (χ2v) is 8.81. The molecule has 7 heteroatoms. The first-order chi connectivity index (χ1) is 16.6. The molecule has 0 spiro atoms. The zero-order chi connectivity index (χ0) is 23.5. The van der Waals surface area contributed by atoms with E-state index in [0.717, 1.165) is 34.4 Å². The number of hydrogen-bond acceptors (Lipinski definition) is 6. The van der Waals surface area contributed by atoms with Crippen molar-refractivity contribution in [1.82, 2.24) is 10.1 Å². The Balaban J connectivity index is 1.26. The Morgan fingerprint density at radius 2 is 2.09 bits per heavy atom. The molecule has 1 fully saturated rings. The molecule has 1 amide bonds. The van der Waals surface area contributed by atoms with E-state index in [4.69, 9.17) is 18.4 Å². The fourth-order valence-corrected chi connectivity index (χ4v) is 4.41. The highest BCUT2D eigenvalue weighted by Gasteiger charge is 2.24. The summed E-state index contributed by atoms with van der Waals surface area (Å²) in [5.74, 6) is 1.57. The van der Waals surface area contributed by atoms with Crippen LogP contribution < -0.4 is 4.74 Å².